The molecule has 1 atom stereocenters. The van der Waals surface area contributed by atoms with E-state index in [-0.39, 0.29) is 5.41 Å². The molecule has 1 rings (SSSR count). The fourth-order valence-corrected chi connectivity index (χ4v) is 3.36. The first-order valence-corrected chi connectivity index (χ1v) is 5.95. The van der Waals surface area contributed by atoms with Gasteiger partial charge in [-0.1, -0.05) is 25.5 Å². The quantitative estimate of drug-likeness (QED) is 0.657. The number of hydrogen-bond donors (Lipinski definition) is 1. The molecule has 1 N–H and O–H groups in total. The van der Waals surface area contributed by atoms with Gasteiger partial charge in [-0.15, -0.1) is 0 Å². The summed E-state index contributed by atoms with van der Waals surface area (Å²) >= 11 is 1.86. The second kappa shape index (κ2) is 3.66. The van der Waals surface area contributed by atoms with Crippen molar-refractivity contribution in [3.63, 3.8) is 0 Å². The normalized spacial score (nSPS) is 32.7. The molecule has 1 nitrogen and oxygen atoms in total. The molecule has 1 fully saturated rings. The smallest absolute Gasteiger partial charge is 0.0925 e. The highest BCUT2D eigenvalue weighted by molar-refractivity contribution is 7.99. The van der Waals surface area contributed by atoms with Gasteiger partial charge in [0.1, 0.15) is 0 Å². The van der Waals surface area contributed by atoms with Crippen molar-refractivity contribution in [2.75, 3.05) is 11.5 Å². The van der Waals surface area contributed by atoms with Crippen LogP contribution in [0.2, 0.25) is 0 Å². The zero-order chi connectivity index (χ0) is 10.1. The zero-order valence-electron chi connectivity index (χ0n) is 9.05. The van der Waals surface area contributed by atoms with Crippen LogP contribution in [0.3, 0.4) is 0 Å². The highest BCUT2D eigenvalue weighted by Crippen LogP contribution is 2.40. The van der Waals surface area contributed by atoms with E-state index in [1.165, 1.54) is 5.57 Å². The van der Waals surface area contributed by atoms with Gasteiger partial charge < -0.3 is 5.11 Å². The summed E-state index contributed by atoms with van der Waals surface area (Å²) in [5.74, 6) is 2.01. The van der Waals surface area contributed by atoms with Crippen LogP contribution in [-0.2, 0) is 0 Å². The molecule has 0 spiro atoms. The summed E-state index contributed by atoms with van der Waals surface area (Å²) in [6.45, 7) is 8.54. The van der Waals surface area contributed by atoms with Gasteiger partial charge in [-0.25, -0.2) is 0 Å². The van der Waals surface area contributed by atoms with Crippen molar-refractivity contribution in [3.8, 4) is 0 Å². The second-order valence-corrected chi connectivity index (χ2v) is 6.14. The average Bonchev–Trinajstić information content (AvgIpc) is 1.79. The molecule has 0 aromatic rings. The van der Waals surface area contributed by atoms with Crippen molar-refractivity contribution in [3.05, 3.63) is 11.6 Å². The number of rotatable bonds is 1. The van der Waals surface area contributed by atoms with Crippen LogP contribution in [0.25, 0.3) is 0 Å². The Morgan fingerprint density at radius 1 is 1.31 bits per heavy atom. The van der Waals surface area contributed by atoms with Gasteiger partial charge in [0.05, 0.1) is 5.60 Å². The van der Waals surface area contributed by atoms with Gasteiger partial charge >= 0.3 is 0 Å². The highest BCUT2D eigenvalue weighted by atomic mass is 32.2. The summed E-state index contributed by atoms with van der Waals surface area (Å²) in [4.78, 5) is 0. The van der Waals surface area contributed by atoms with Crippen LogP contribution in [0.1, 0.15) is 34.1 Å². The molecule has 2 heteroatoms. The van der Waals surface area contributed by atoms with Crippen molar-refractivity contribution in [2.24, 2.45) is 5.41 Å². The summed E-state index contributed by atoms with van der Waals surface area (Å²) in [6, 6.07) is 0. The van der Waals surface area contributed by atoms with E-state index >= 15 is 0 Å². The summed E-state index contributed by atoms with van der Waals surface area (Å²) in [6.07, 6.45) is 2.90. The van der Waals surface area contributed by atoms with Crippen molar-refractivity contribution in [2.45, 2.75) is 39.7 Å². The van der Waals surface area contributed by atoms with Crippen LogP contribution in [0, 0.1) is 5.41 Å². The minimum atomic E-state index is -0.564. The average molecular weight is 200 g/mol. The third kappa shape index (κ3) is 3.35. The van der Waals surface area contributed by atoms with E-state index in [2.05, 4.69) is 13.8 Å². The predicted octanol–water partition coefficient (Wildman–Crippen LogP) is 2.85. The third-order valence-electron chi connectivity index (χ3n) is 2.19. The van der Waals surface area contributed by atoms with Gasteiger partial charge in [-0.3, -0.25) is 0 Å². The Kier molecular flexibility index (Phi) is 3.13. The molecule has 1 saturated heterocycles. The lowest BCUT2D eigenvalue weighted by atomic mass is 9.81. The van der Waals surface area contributed by atoms with Crippen LogP contribution in [-0.4, -0.2) is 22.2 Å². The third-order valence-corrected chi connectivity index (χ3v) is 3.88. The number of hydrogen-bond acceptors (Lipinski definition) is 2. The molecule has 1 aliphatic heterocycles. The van der Waals surface area contributed by atoms with E-state index in [0.29, 0.717) is 0 Å². The molecule has 76 valence electrons. The van der Waals surface area contributed by atoms with Gasteiger partial charge in [0, 0.05) is 5.75 Å². The molecule has 0 bridgehead atoms. The Labute approximate surface area is 85.6 Å². The van der Waals surface area contributed by atoms with Crippen LogP contribution in [0.5, 0.6) is 0 Å². The Bertz CT molecular complexity index is 216. The van der Waals surface area contributed by atoms with Crippen LogP contribution in [0.4, 0.5) is 0 Å². The van der Waals surface area contributed by atoms with Crippen molar-refractivity contribution in [1.82, 2.24) is 0 Å². The molecule has 0 aromatic carbocycles. The summed E-state index contributed by atoms with van der Waals surface area (Å²) < 4.78 is 0. The van der Waals surface area contributed by atoms with E-state index in [4.69, 9.17) is 0 Å². The first-order valence-electron chi connectivity index (χ1n) is 4.79. The SMILES string of the molecule is CC(C)=CC1(O)CSCC(C)(C)C1. The number of thioether (sulfide) groups is 1. The molecule has 0 aromatic heterocycles. The maximum absolute atomic E-state index is 10.3. The molecule has 0 radical (unpaired) electrons. The Hall–Kier alpha value is 0.0500. The number of allylic oxidation sites excluding steroid dienone is 1. The van der Waals surface area contributed by atoms with Gasteiger partial charge in [-0.05, 0) is 31.4 Å². The molecular formula is C11H20OS. The second-order valence-electron chi connectivity index (χ2n) is 5.16. The molecule has 1 aliphatic rings. The monoisotopic (exact) mass is 200 g/mol. The van der Waals surface area contributed by atoms with Crippen molar-refractivity contribution in [1.29, 1.82) is 0 Å². The molecule has 0 saturated carbocycles. The molecule has 1 heterocycles. The number of aliphatic hydroxyl groups is 1. The first kappa shape index (κ1) is 11.1. The first-order chi connectivity index (χ1) is 5.83. The van der Waals surface area contributed by atoms with E-state index in [0.717, 1.165) is 17.9 Å². The lowest BCUT2D eigenvalue weighted by Crippen LogP contribution is -2.41. The lowest BCUT2D eigenvalue weighted by Gasteiger charge is -2.39. The minimum Gasteiger partial charge on any atom is -0.385 e. The van der Waals surface area contributed by atoms with E-state index in [9.17, 15) is 5.11 Å². The van der Waals surface area contributed by atoms with Crippen molar-refractivity contribution < 1.29 is 5.11 Å². The molecule has 0 amide bonds. The Morgan fingerprint density at radius 2 is 1.92 bits per heavy atom. The van der Waals surface area contributed by atoms with Gasteiger partial charge in [-0.2, -0.15) is 11.8 Å². The van der Waals surface area contributed by atoms with Crippen LogP contribution >= 0.6 is 11.8 Å². The Balaban J connectivity index is 2.74. The summed E-state index contributed by atoms with van der Waals surface area (Å²) in [5.41, 5.74) is 0.912. The van der Waals surface area contributed by atoms with E-state index in [1.807, 2.05) is 31.7 Å². The zero-order valence-corrected chi connectivity index (χ0v) is 9.87. The molecule has 1 unspecified atom stereocenters. The minimum absolute atomic E-state index is 0.267. The maximum Gasteiger partial charge on any atom is 0.0925 e. The predicted molar refractivity (Wildman–Crippen MR) is 60.1 cm³/mol. The summed E-state index contributed by atoms with van der Waals surface area (Å²) in [7, 11) is 0. The maximum atomic E-state index is 10.3. The van der Waals surface area contributed by atoms with Crippen LogP contribution in [0.15, 0.2) is 11.6 Å². The lowest BCUT2D eigenvalue weighted by molar-refractivity contribution is 0.0639. The molecule has 0 aliphatic carbocycles. The fraction of sp³-hybridized carbons (Fsp3) is 0.818. The highest BCUT2D eigenvalue weighted by Gasteiger charge is 2.37. The van der Waals surface area contributed by atoms with Gasteiger partial charge in [0.2, 0.25) is 0 Å². The molecule has 13 heavy (non-hydrogen) atoms. The fourth-order valence-electron chi connectivity index (χ4n) is 2.06. The van der Waals surface area contributed by atoms with Crippen molar-refractivity contribution >= 4 is 11.8 Å². The standard InChI is InChI=1S/C11H20OS/c1-9(2)5-11(12)6-10(3,4)7-13-8-11/h5,12H,6-8H2,1-4H3. The largest absolute Gasteiger partial charge is 0.385 e. The van der Waals surface area contributed by atoms with Gasteiger partial charge in [0.25, 0.3) is 0 Å². The summed E-state index contributed by atoms with van der Waals surface area (Å²) in [5, 5.41) is 10.3. The van der Waals surface area contributed by atoms with Crippen LogP contribution < -0.4 is 0 Å². The Morgan fingerprint density at radius 3 is 2.38 bits per heavy atom. The van der Waals surface area contributed by atoms with E-state index in [1.54, 1.807) is 0 Å². The van der Waals surface area contributed by atoms with Gasteiger partial charge in [0.15, 0.2) is 0 Å². The topological polar surface area (TPSA) is 20.2 Å². The molecular weight excluding hydrogens is 180 g/mol. The van der Waals surface area contributed by atoms with E-state index < -0.39 is 5.60 Å².